The maximum absolute atomic E-state index is 14.8. The van der Waals surface area contributed by atoms with Gasteiger partial charge in [-0.1, -0.05) is 24.3 Å². The molecule has 38 heavy (non-hydrogen) atoms. The Bertz CT molecular complexity index is 1520. The van der Waals surface area contributed by atoms with Gasteiger partial charge in [0, 0.05) is 44.1 Å². The molecule has 1 aliphatic rings. The fourth-order valence-electron chi connectivity index (χ4n) is 4.25. The van der Waals surface area contributed by atoms with Gasteiger partial charge in [-0.25, -0.2) is 14.2 Å². The van der Waals surface area contributed by atoms with Crippen molar-refractivity contribution in [3.8, 4) is 5.75 Å². The number of Topliss-reactive ketones (excluding diaryl/α,β-unsaturated/α-hetero) is 1. The highest BCUT2D eigenvalue weighted by Crippen LogP contribution is 2.31. The van der Waals surface area contributed by atoms with Crippen LogP contribution >= 0.6 is 0 Å². The van der Waals surface area contributed by atoms with Crippen molar-refractivity contribution >= 4 is 40.4 Å². The number of carbonyl (C=O) groups is 4. The number of rotatable bonds is 5. The average molecular weight is 516 g/mol. The standard InChI is InChI=1S/C27H22FN5O5/c28-19-9-10-20(38-27(37)31-21-8-4-5-11-29-21)23-22(19)18(16-30-23)24(34)26(36)33-14-12-32(13-15-33)25(35)17-6-2-1-3-7-17/h1-11,16,30H,12-15H2,(H,29,31,37). The summed E-state index contributed by atoms with van der Waals surface area (Å²) in [6, 6.07) is 16.0. The first-order valence-corrected chi connectivity index (χ1v) is 11.8. The number of nitrogens with zero attached hydrogens (tertiary/aromatic N) is 3. The Kier molecular flexibility index (Phi) is 6.81. The number of ether oxygens (including phenoxy) is 1. The summed E-state index contributed by atoms with van der Waals surface area (Å²) in [6.07, 6.45) is 1.84. The molecule has 1 saturated heterocycles. The van der Waals surface area contributed by atoms with Gasteiger partial charge < -0.3 is 19.5 Å². The minimum Gasteiger partial charge on any atom is -0.408 e. The molecular weight excluding hydrogens is 493 g/mol. The van der Waals surface area contributed by atoms with E-state index in [4.69, 9.17) is 4.74 Å². The number of benzene rings is 2. The normalized spacial score (nSPS) is 13.3. The molecule has 5 rings (SSSR count). The molecule has 10 nitrogen and oxygen atoms in total. The van der Waals surface area contributed by atoms with Crippen molar-refractivity contribution in [1.82, 2.24) is 19.8 Å². The lowest BCUT2D eigenvalue weighted by atomic mass is 10.1. The van der Waals surface area contributed by atoms with Gasteiger partial charge in [-0.3, -0.25) is 19.7 Å². The van der Waals surface area contributed by atoms with Crippen molar-refractivity contribution in [2.24, 2.45) is 0 Å². The van der Waals surface area contributed by atoms with Crippen LogP contribution in [-0.2, 0) is 4.79 Å². The molecule has 11 heteroatoms. The van der Waals surface area contributed by atoms with Crippen LogP contribution in [0.3, 0.4) is 0 Å². The summed E-state index contributed by atoms with van der Waals surface area (Å²) in [7, 11) is 0. The van der Waals surface area contributed by atoms with E-state index in [1.807, 2.05) is 6.07 Å². The van der Waals surface area contributed by atoms with E-state index in [9.17, 15) is 23.6 Å². The zero-order valence-electron chi connectivity index (χ0n) is 20.0. The molecule has 0 unspecified atom stereocenters. The second kappa shape index (κ2) is 10.5. The molecule has 2 aromatic heterocycles. The van der Waals surface area contributed by atoms with Crippen molar-refractivity contribution in [2.45, 2.75) is 0 Å². The van der Waals surface area contributed by atoms with Crippen LogP contribution in [0, 0.1) is 5.82 Å². The molecule has 2 N–H and O–H groups in total. The van der Waals surface area contributed by atoms with Gasteiger partial charge in [0.1, 0.15) is 11.6 Å². The Morgan fingerprint density at radius 2 is 1.61 bits per heavy atom. The van der Waals surface area contributed by atoms with Crippen LogP contribution in [0.5, 0.6) is 5.75 Å². The smallest absolute Gasteiger partial charge is 0.408 e. The molecule has 0 spiro atoms. The van der Waals surface area contributed by atoms with E-state index in [1.165, 1.54) is 23.4 Å². The Morgan fingerprint density at radius 3 is 2.32 bits per heavy atom. The lowest BCUT2D eigenvalue weighted by Gasteiger charge is -2.34. The molecule has 192 valence electrons. The predicted octanol–water partition coefficient (Wildman–Crippen LogP) is 3.48. The van der Waals surface area contributed by atoms with E-state index < -0.39 is 23.6 Å². The predicted molar refractivity (Wildman–Crippen MR) is 135 cm³/mol. The zero-order valence-corrected chi connectivity index (χ0v) is 20.0. The maximum atomic E-state index is 14.8. The van der Waals surface area contributed by atoms with Crippen LogP contribution in [0.25, 0.3) is 10.9 Å². The van der Waals surface area contributed by atoms with Gasteiger partial charge in [-0.2, -0.15) is 0 Å². The van der Waals surface area contributed by atoms with Gasteiger partial charge in [-0.05, 0) is 36.4 Å². The molecule has 0 radical (unpaired) electrons. The number of aromatic nitrogens is 2. The van der Waals surface area contributed by atoms with Crippen molar-refractivity contribution < 1.29 is 28.3 Å². The number of aromatic amines is 1. The molecule has 4 aromatic rings. The molecule has 0 atom stereocenters. The van der Waals surface area contributed by atoms with Gasteiger partial charge in [0.05, 0.1) is 16.5 Å². The minimum atomic E-state index is -0.909. The van der Waals surface area contributed by atoms with Crippen LogP contribution < -0.4 is 10.1 Å². The number of hydrogen-bond donors (Lipinski definition) is 2. The lowest BCUT2D eigenvalue weighted by molar-refractivity contribution is -0.127. The Balaban J connectivity index is 1.28. The highest BCUT2D eigenvalue weighted by Gasteiger charge is 2.31. The van der Waals surface area contributed by atoms with Crippen molar-refractivity contribution in [1.29, 1.82) is 0 Å². The third-order valence-corrected chi connectivity index (χ3v) is 6.16. The number of anilines is 1. The van der Waals surface area contributed by atoms with E-state index in [2.05, 4.69) is 15.3 Å². The van der Waals surface area contributed by atoms with Gasteiger partial charge >= 0.3 is 6.09 Å². The van der Waals surface area contributed by atoms with E-state index >= 15 is 0 Å². The Hall–Kier alpha value is -5.06. The van der Waals surface area contributed by atoms with E-state index in [-0.39, 0.29) is 60.1 Å². The summed E-state index contributed by atoms with van der Waals surface area (Å²) >= 11 is 0. The van der Waals surface area contributed by atoms with Crippen LogP contribution in [-0.4, -0.2) is 69.6 Å². The van der Waals surface area contributed by atoms with Gasteiger partial charge in [0.15, 0.2) is 5.75 Å². The quantitative estimate of drug-likeness (QED) is 0.310. The molecule has 3 amide bonds. The number of carbonyl (C=O) groups excluding carboxylic acids is 4. The fraction of sp³-hybridized carbons (Fsp3) is 0.148. The van der Waals surface area contributed by atoms with Crippen molar-refractivity contribution in [3.05, 3.63) is 90.0 Å². The molecule has 3 heterocycles. The third-order valence-electron chi connectivity index (χ3n) is 6.16. The second-order valence-corrected chi connectivity index (χ2v) is 8.51. The van der Waals surface area contributed by atoms with Gasteiger partial charge in [0.2, 0.25) is 0 Å². The summed E-state index contributed by atoms with van der Waals surface area (Å²) in [5.74, 6) is -2.40. The first-order chi connectivity index (χ1) is 18.4. The zero-order chi connectivity index (χ0) is 26.6. The molecule has 0 aliphatic carbocycles. The van der Waals surface area contributed by atoms with Gasteiger partial charge in [0.25, 0.3) is 17.6 Å². The Labute approximate surface area is 216 Å². The van der Waals surface area contributed by atoms with Crippen LogP contribution in [0.1, 0.15) is 20.7 Å². The number of nitrogens with one attached hydrogen (secondary N) is 2. The van der Waals surface area contributed by atoms with E-state index in [0.717, 1.165) is 6.07 Å². The molecule has 0 saturated carbocycles. The number of hydrogen-bond acceptors (Lipinski definition) is 6. The first kappa shape index (κ1) is 24.6. The van der Waals surface area contributed by atoms with Crippen molar-refractivity contribution in [3.63, 3.8) is 0 Å². The number of piperazine rings is 1. The largest absolute Gasteiger partial charge is 0.418 e. The maximum Gasteiger partial charge on any atom is 0.418 e. The number of fused-ring (bicyclic) bond motifs is 1. The van der Waals surface area contributed by atoms with Crippen LogP contribution in [0.15, 0.2) is 73.1 Å². The summed E-state index contributed by atoms with van der Waals surface area (Å²) < 4.78 is 20.1. The highest BCUT2D eigenvalue weighted by atomic mass is 19.1. The second-order valence-electron chi connectivity index (χ2n) is 8.51. The fourth-order valence-corrected chi connectivity index (χ4v) is 4.25. The topological polar surface area (TPSA) is 125 Å². The van der Waals surface area contributed by atoms with E-state index in [1.54, 1.807) is 47.4 Å². The first-order valence-electron chi connectivity index (χ1n) is 11.8. The summed E-state index contributed by atoms with van der Waals surface area (Å²) in [4.78, 5) is 60.7. The van der Waals surface area contributed by atoms with Crippen LogP contribution in [0.4, 0.5) is 15.0 Å². The summed E-state index contributed by atoms with van der Waals surface area (Å²) in [5, 5.41) is 2.28. The molecule has 2 aromatic carbocycles. The Morgan fingerprint density at radius 1 is 0.895 bits per heavy atom. The van der Waals surface area contributed by atoms with Crippen molar-refractivity contribution in [2.75, 3.05) is 31.5 Å². The third kappa shape index (κ3) is 4.94. The summed E-state index contributed by atoms with van der Waals surface area (Å²) in [6.45, 7) is 0.850. The average Bonchev–Trinajstić information content (AvgIpc) is 3.41. The lowest BCUT2D eigenvalue weighted by Crippen LogP contribution is -2.52. The number of ketones is 1. The molecule has 1 aliphatic heterocycles. The minimum absolute atomic E-state index is 0.0330. The molecular formula is C27H22FN5O5. The number of amides is 3. The van der Waals surface area contributed by atoms with Gasteiger partial charge in [-0.15, -0.1) is 0 Å². The highest BCUT2D eigenvalue weighted by molar-refractivity contribution is 6.45. The molecule has 1 fully saturated rings. The molecule has 0 bridgehead atoms. The van der Waals surface area contributed by atoms with E-state index in [0.29, 0.717) is 5.56 Å². The SMILES string of the molecule is O=C(Nc1ccccn1)Oc1ccc(F)c2c(C(=O)C(=O)N3CCN(C(=O)c4ccccc4)CC3)c[nH]c12. The number of halogens is 1. The van der Waals surface area contributed by atoms with Crippen LogP contribution in [0.2, 0.25) is 0 Å². The summed E-state index contributed by atoms with van der Waals surface area (Å²) in [5.41, 5.74) is 0.417. The number of H-pyrrole nitrogens is 1. The monoisotopic (exact) mass is 515 g/mol. The number of pyridine rings is 1.